The van der Waals surface area contributed by atoms with Crippen LogP contribution in [0.15, 0.2) is 6.20 Å². The monoisotopic (exact) mass is 261 g/mol. The van der Waals surface area contributed by atoms with Crippen LogP contribution < -0.4 is 10.0 Å². The van der Waals surface area contributed by atoms with Crippen LogP contribution in [0.25, 0.3) is 0 Å². The van der Waals surface area contributed by atoms with E-state index in [1.54, 1.807) is 6.20 Å². The smallest absolute Gasteiger partial charge is 0.230 e. The van der Waals surface area contributed by atoms with Crippen LogP contribution in [-0.2, 0) is 14.8 Å². The highest BCUT2D eigenvalue weighted by Gasteiger charge is 2.38. The van der Waals surface area contributed by atoms with Gasteiger partial charge in [-0.15, -0.1) is 11.3 Å². The molecule has 1 aliphatic heterocycles. The largest absolute Gasteiger partial charge is 0.287 e. The molecule has 1 aliphatic rings. The third kappa shape index (κ3) is 2.08. The minimum absolute atomic E-state index is 0.0581. The Labute approximate surface area is 97.1 Å². The van der Waals surface area contributed by atoms with Crippen LogP contribution in [-0.4, -0.2) is 31.1 Å². The second-order valence-electron chi connectivity index (χ2n) is 3.67. The fourth-order valence-electron chi connectivity index (χ4n) is 1.55. The average Bonchev–Trinajstić information content (AvgIpc) is 2.70. The lowest BCUT2D eigenvalue weighted by Crippen LogP contribution is -2.32. The Bertz CT molecular complexity index is 522. The van der Waals surface area contributed by atoms with E-state index in [0.717, 1.165) is 4.88 Å². The highest BCUT2D eigenvalue weighted by atomic mass is 32.2. The molecule has 2 rings (SSSR count). The van der Waals surface area contributed by atoms with Gasteiger partial charge >= 0.3 is 0 Å². The standard InChI is InChI=1S/C8H11N3O3S2/c1-5-3-10-8(15-5)11-4-6(2-7(11)12)16(9,13)14/h3,6H,2,4H2,1H3,(H2,9,13,14). The number of hydrogen-bond donors (Lipinski definition) is 1. The molecule has 0 aromatic carbocycles. The summed E-state index contributed by atoms with van der Waals surface area (Å²) in [6, 6.07) is 0. The van der Waals surface area contributed by atoms with Crippen molar-refractivity contribution in [2.24, 2.45) is 5.14 Å². The molecule has 1 aromatic heterocycles. The number of nitrogens with two attached hydrogens (primary N) is 1. The van der Waals surface area contributed by atoms with Crippen LogP contribution >= 0.6 is 11.3 Å². The molecule has 0 radical (unpaired) electrons. The van der Waals surface area contributed by atoms with Crippen LogP contribution in [0.5, 0.6) is 0 Å². The Hall–Kier alpha value is -0.990. The van der Waals surface area contributed by atoms with E-state index in [2.05, 4.69) is 4.98 Å². The van der Waals surface area contributed by atoms with Gasteiger partial charge in [0.25, 0.3) is 0 Å². The molecule has 6 nitrogen and oxygen atoms in total. The zero-order chi connectivity index (χ0) is 11.9. The predicted molar refractivity (Wildman–Crippen MR) is 60.7 cm³/mol. The first-order chi connectivity index (χ1) is 7.38. The van der Waals surface area contributed by atoms with Gasteiger partial charge in [-0.2, -0.15) is 0 Å². The number of anilines is 1. The lowest BCUT2D eigenvalue weighted by molar-refractivity contribution is -0.117. The first kappa shape index (κ1) is 11.5. The first-order valence-corrected chi connectivity index (χ1v) is 7.05. The third-order valence-corrected chi connectivity index (χ3v) is 4.57. The van der Waals surface area contributed by atoms with Gasteiger partial charge in [0.2, 0.25) is 15.9 Å². The van der Waals surface area contributed by atoms with Crippen molar-refractivity contribution in [1.82, 2.24) is 4.98 Å². The summed E-state index contributed by atoms with van der Waals surface area (Å²) < 4.78 is 22.3. The molecule has 1 atom stereocenters. The molecule has 0 bridgehead atoms. The van der Waals surface area contributed by atoms with Crippen molar-refractivity contribution >= 4 is 32.4 Å². The molecule has 16 heavy (non-hydrogen) atoms. The Morgan fingerprint density at radius 1 is 1.62 bits per heavy atom. The Kier molecular flexibility index (Phi) is 2.72. The van der Waals surface area contributed by atoms with Gasteiger partial charge in [-0.05, 0) is 6.92 Å². The van der Waals surface area contributed by atoms with Crippen LogP contribution in [0.2, 0.25) is 0 Å². The SMILES string of the molecule is Cc1cnc(N2CC(S(N)(=O)=O)CC2=O)s1. The molecule has 8 heteroatoms. The molecule has 1 aromatic rings. The van der Waals surface area contributed by atoms with E-state index in [9.17, 15) is 13.2 Å². The molecule has 2 N–H and O–H groups in total. The Morgan fingerprint density at radius 2 is 2.31 bits per heavy atom. The number of primary sulfonamides is 1. The molecule has 0 aliphatic carbocycles. The summed E-state index contributed by atoms with van der Waals surface area (Å²) in [7, 11) is -3.66. The van der Waals surface area contributed by atoms with E-state index in [1.807, 2.05) is 6.92 Å². The lowest BCUT2D eigenvalue weighted by atomic mass is 10.4. The van der Waals surface area contributed by atoms with E-state index >= 15 is 0 Å². The van der Waals surface area contributed by atoms with Gasteiger partial charge in [-0.1, -0.05) is 0 Å². The maximum atomic E-state index is 11.6. The maximum absolute atomic E-state index is 11.6. The summed E-state index contributed by atoms with van der Waals surface area (Å²) in [5, 5.41) is 4.75. The van der Waals surface area contributed by atoms with Crippen molar-refractivity contribution in [3.05, 3.63) is 11.1 Å². The Morgan fingerprint density at radius 3 is 2.75 bits per heavy atom. The van der Waals surface area contributed by atoms with Gasteiger partial charge in [0.05, 0.1) is 0 Å². The number of nitrogens with zero attached hydrogens (tertiary/aromatic N) is 2. The normalized spacial score (nSPS) is 21.8. The average molecular weight is 261 g/mol. The molecule has 1 fully saturated rings. The van der Waals surface area contributed by atoms with Gasteiger partial charge in [0.1, 0.15) is 5.25 Å². The van der Waals surface area contributed by atoms with Crippen molar-refractivity contribution in [3.8, 4) is 0 Å². The van der Waals surface area contributed by atoms with Gasteiger partial charge in [0.15, 0.2) is 5.13 Å². The minimum Gasteiger partial charge on any atom is -0.287 e. The number of amides is 1. The summed E-state index contributed by atoms with van der Waals surface area (Å²) in [6.45, 7) is 1.98. The van der Waals surface area contributed by atoms with E-state index in [1.165, 1.54) is 16.2 Å². The lowest BCUT2D eigenvalue weighted by Gasteiger charge is -2.11. The number of thiazole rings is 1. The summed E-state index contributed by atoms with van der Waals surface area (Å²) in [6.07, 6.45) is 1.59. The van der Waals surface area contributed by atoms with Crippen molar-refractivity contribution in [2.45, 2.75) is 18.6 Å². The van der Waals surface area contributed by atoms with Gasteiger partial charge in [0, 0.05) is 24.0 Å². The van der Waals surface area contributed by atoms with E-state index in [0.29, 0.717) is 5.13 Å². The number of rotatable bonds is 2. The van der Waals surface area contributed by atoms with E-state index in [4.69, 9.17) is 5.14 Å². The number of aryl methyl sites for hydroxylation is 1. The van der Waals surface area contributed by atoms with E-state index in [-0.39, 0.29) is 18.9 Å². The van der Waals surface area contributed by atoms with Gasteiger partial charge in [-0.25, -0.2) is 18.5 Å². The fourth-order valence-corrected chi connectivity index (χ4v) is 3.06. The molecule has 1 unspecified atom stereocenters. The molecular weight excluding hydrogens is 250 g/mol. The maximum Gasteiger partial charge on any atom is 0.230 e. The zero-order valence-electron chi connectivity index (χ0n) is 8.58. The number of aromatic nitrogens is 1. The molecule has 0 spiro atoms. The molecular formula is C8H11N3O3S2. The highest BCUT2D eigenvalue weighted by Crippen LogP contribution is 2.27. The number of sulfonamides is 1. The van der Waals surface area contributed by atoms with E-state index < -0.39 is 15.3 Å². The zero-order valence-corrected chi connectivity index (χ0v) is 10.2. The topological polar surface area (TPSA) is 93.4 Å². The van der Waals surface area contributed by atoms with Crippen molar-refractivity contribution < 1.29 is 13.2 Å². The first-order valence-electron chi connectivity index (χ1n) is 4.62. The quantitative estimate of drug-likeness (QED) is 0.800. The van der Waals surface area contributed by atoms with Crippen LogP contribution in [0.1, 0.15) is 11.3 Å². The highest BCUT2D eigenvalue weighted by molar-refractivity contribution is 7.89. The summed E-state index contributed by atoms with van der Waals surface area (Å²) >= 11 is 1.36. The molecule has 1 amide bonds. The molecule has 1 saturated heterocycles. The summed E-state index contributed by atoms with van der Waals surface area (Å²) in [5.74, 6) is -0.242. The van der Waals surface area contributed by atoms with Crippen LogP contribution in [0.3, 0.4) is 0 Å². The summed E-state index contributed by atoms with van der Waals surface area (Å²) in [4.78, 5) is 18.0. The number of carbonyl (C=O) groups excluding carboxylic acids is 1. The van der Waals surface area contributed by atoms with Crippen LogP contribution in [0.4, 0.5) is 5.13 Å². The minimum atomic E-state index is -3.66. The molecule has 2 heterocycles. The number of carbonyl (C=O) groups is 1. The number of hydrogen-bond acceptors (Lipinski definition) is 5. The predicted octanol–water partition coefficient (Wildman–Crippen LogP) is -0.155. The van der Waals surface area contributed by atoms with Gasteiger partial charge < -0.3 is 0 Å². The third-order valence-electron chi connectivity index (χ3n) is 2.39. The van der Waals surface area contributed by atoms with Crippen molar-refractivity contribution in [2.75, 3.05) is 11.4 Å². The molecule has 0 saturated carbocycles. The summed E-state index contributed by atoms with van der Waals surface area (Å²) in [5.41, 5.74) is 0. The second kappa shape index (κ2) is 3.79. The fraction of sp³-hybridized carbons (Fsp3) is 0.500. The van der Waals surface area contributed by atoms with Gasteiger partial charge in [-0.3, -0.25) is 9.69 Å². The van der Waals surface area contributed by atoms with Crippen molar-refractivity contribution in [3.63, 3.8) is 0 Å². The van der Waals surface area contributed by atoms with Crippen molar-refractivity contribution in [1.29, 1.82) is 0 Å². The Balaban J connectivity index is 2.24. The van der Waals surface area contributed by atoms with Crippen LogP contribution in [0, 0.1) is 6.92 Å². The molecule has 88 valence electrons. The second-order valence-corrected chi connectivity index (χ2v) is 6.73.